The van der Waals surface area contributed by atoms with Gasteiger partial charge in [-0.1, -0.05) is 56.3 Å². The zero-order valence-corrected chi connectivity index (χ0v) is 16.2. The van der Waals surface area contributed by atoms with Crippen molar-refractivity contribution in [2.75, 3.05) is 10.2 Å². The quantitative estimate of drug-likeness (QED) is 0.605. The third kappa shape index (κ3) is 2.80. The molecular formula is C24H24N2O. The van der Waals surface area contributed by atoms with Gasteiger partial charge in [-0.05, 0) is 47.9 Å². The van der Waals surface area contributed by atoms with Crippen LogP contribution in [-0.2, 0) is 10.2 Å². The molecular weight excluding hydrogens is 332 g/mol. The Labute approximate surface area is 160 Å². The van der Waals surface area contributed by atoms with E-state index in [1.54, 1.807) is 6.92 Å². The van der Waals surface area contributed by atoms with E-state index in [0.29, 0.717) is 0 Å². The van der Waals surface area contributed by atoms with Crippen molar-refractivity contribution in [2.24, 2.45) is 0 Å². The topological polar surface area (TPSA) is 32.3 Å². The van der Waals surface area contributed by atoms with E-state index >= 15 is 0 Å². The van der Waals surface area contributed by atoms with Crippen molar-refractivity contribution >= 4 is 28.7 Å². The SMILES string of the molecule is CC(=O)N1c2ccccc2C(C)(C)c2ccc(Nc3ccccc3C)cc21. The molecule has 0 bridgehead atoms. The Kier molecular flexibility index (Phi) is 4.03. The van der Waals surface area contributed by atoms with Gasteiger partial charge in [0.15, 0.2) is 0 Å². The van der Waals surface area contributed by atoms with Crippen molar-refractivity contribution in [1.82, 2.24) is 0 Å². The van der Waals surface area contributed by atoms with Crippen molar-refractivity contribution in [3.05, 3.63) is 83.4 Å². The number of carbonyl (C=O) groups excluding carboxylic acids is 1. The molecule has 0 radical (unpaired) electrons. The van der Waals surface area contributed by atoms with Crippen molar-refractivity contribution in [3.8, 4) is 0 Å². The molecule has 0 fully saturated rings. The number of anilines is 4. The lowest BCUT2D eigenvalue weighted by Gasteiger charge is -2.40. The number of rotatable bonds is 2. The molecule has 1 aliphatic heterocycles. The maximum Gasteiger partial charge on any atom is 0.228 e. The minimum atomic E-state index is -0.168. The lowest BCUT2D eigenvalue weighted by atomic mass is 9.73. The first-order valence-corrected chi connectivity index (χ1v) is 9.27. The summed E-state index contributed by atoms with van der Waals surface area (Å²) in [5.74, 6) is 0.0206. The van der Waals surface area contributed by atoms with Crippen molar-refractivity contribution in [1.29, 1.82) is 0 Å². The number of nitrogens with zero attached hydrogens (tertiary/aromatic N) is 1. The van der Waals surface area contributed by atoms with Gasteiger partial charge >= 0.3 is 0 Å². The Morgan fingerprint density at radius 1 is 0.889 bits per heavy atom. The van der Waals surface area contributed by atoms with Crippen LogP contribution in [-0.4, -0.2) is 5.91 Å². The molecule has 0 atom stereocenters. The molecule has 0 aromatic heterocycles. The molecule has 1 amide bonds. The Bertz CT molecular complexity index is 1040. The zero-order chi connectivity index (χ0) is 19.2. The first-order valence-electron chi connectivity index (χ1n) is 9.27. The van der Waals surface area contributed by atoms with Crippen LogP contribution in [0.1, 0.15) is 37.5 Å². The molecule has 0 saturated carbocycles. The third-order valence-electron chi connectivity index (χ3n) is 5.47. The van der Waals surface area contributed by atoms with Gasteiger partial charge < -0.3 is 5.32 Å². The summed E-state index contributed by atoms with van der Waals surface area (Å²) in [5.41, 5.74) is 7.31. The highest BCUT2D eigenvalue weighted by Gasteiger charge is 2.37. The van der Waals surface area contributed by atoms with Gasteiger partial charge in [0.1, 0.15) is 0 Å². The van der Waals surface area contributed by atoms with Crippen LogP contribution in [0.3, 0.4) is 0 Å². The van der Waals surface area contributed by atoms with Crippen LogP contribution in [0, 0.1) is 6.92 Å². The Morgan fingerprint density at radius 3 is 2.30 bits per heavy atom. The number of fused-ring (bicyclic) bond motifs is 2. The number of aryl methyl sites for hydroxylation is 1. The summed E-state index contributed by atoms with van der Waals surface area (Å²) in [6, 6.07) is 22.7. The number of para-hydroxylation sites is 2. The molecule has 3 aromatic carbocycles. The van der Waals surface area contributed by atoms with E-state index in [2.05, 4.69) is 62.5 Å². The van der Waals surface area contributed by atoms with Crippen LogP contribution < -0.4 is 10.2 Å². The number of hydrogen-bond donors (Lipinski definition) is 1. The molecule has 136 valence electrons. The van der Waals surface area contributed by atoms with Crippen molar-refractivity contribution in [2.45, 2.75) is 33.1 Å². The van der Waals surface area contributed by atoms with E-state index < -0.39 is 0 Å². The second kappa shape index (κ2) is 6.27. The molecule has 1 aliphatic rings. The average molecular weight is 356 g/mol. The van der Waals surface area contributed by atoms with E-state index in [-0.39, 0.29) is 11.3 Å². The molecule has 3 heteroatoms. The van der Waals surface area contributed by atoms with Gasteiger partial charge in [-0.3, -0.25) is 9.69 Å². The highest BCUT2D eigenvalue weighted by molar-refractivity contribution is 6.03. The van der Waals surface area contributed by atoms with Gasteiger partial charge in [0, 0.05) is 23.7 Å². The normalized spacial score (nSPS) is 14.3. The van der Waals surface area contributed by atoms with E-state index in [4.69, 9.17) is 0 Å². The summed E-state index contributed by atoms with van der Waals surface area (Å²) in [4.78, 5) is 14.4. The monoisotopic (exact) mass is 356 g/mol. The van der Waals surface area contributed by atoms with Crippen LogP contribution in [0.2, 0.25) is 0 Å². The summed E-state index contributed by atoms with van der Waals surface area (Å²) in [7, 11) is 0. The molecule has 1 heterocycles. The second-order valence-corrected chi connectivity index (χ2v) is 7.67. The summed E-state index contributed by atoms with van der Waals surface area (Å²) in [6.07, 6.45) is 0. The molecule has 0 aliphatic carbocycles. The molecule has 1 N–H and O–H groups in total. The van der Waals surface area contributed by atoms with E-state index in [0.717, 1.165) is 28.3 Å². The summed E-state index contributed by atoms with van der Waals surface area (Å²) < 4.78 is 0. The Balaban J connectivity index is 1.86. The van der Waals surface area contributed by atoms with E-state index in [9.17, 15) is 4.79 Å². The molecule has 0 saturated heterocycles. The van der Waals surface area contributed by atoms with Gasteiger partial charge in [0.2, 0.25) is 5.91 Å². The molecule has 3 aromatic rings. The van der Waals surface area contributed by atoms with Crippen LogP contribution in [0.25, 0.3) is 0 Å². The summed E-state index contributed by atoms with van der Waals surface area (Å²) >= 11 is 0. The first kappa shape index (κ1) is 17.3. The lowest BCUT2D eigenvalue weighted by Crippen LogP contribution is -2.35. The zero-order valence-electron chi connectivity index (χ0n) is 16.2. The number of benzene rings is 3. The maximum atomic E-state index is 12.6. The maximum absolute atomic E-state index is 12.6. The number of amides is 1. The molecule has 27 heavy (non-hydrogen) atoms. The fourth-order valence-electron chi connectivity index (χ4n) is 4.00. The molecule has 0 unspecified atom stereocenters. The fourth-order valence-corrected chi connectivity index (χ4v) is 4.00. The second-order valence-electron chi connectivity index (χ2n) is 7.67. The van der Waals surface area contributed by atoms with Gasteiger partial charge in [-0.2, -0.15) is 0 Å². The predicted molar refractivity (Wildman–Crippen MR) is 112 cm³/mol. The third-order valence-corrected chi connectivity index (χ3v) is 5.47. The van der Waals surface area contributed by atoms with Gasteiger partial charge in [0.05, 0.1) is 11.4 Å². The standard InChI is InChI=1S/C24H24N2O/c1-16-9-5-7-11-21(16)25-18-13-14-20-23(15-18)26(17(2)27)22-12-8-6-10-19(22)24(20,3)4/h5-15,25H,1-4H3. The van der Waals surface area contributed by atoms with Gasteiger partial charge in [-0.25, -0.2) is 0 Å². The largest absolute Gasteiger partial charge is 0.355 e. The van der Waals surface area contributed by atoms with Crippen LogP contribution in [0.5, 0.6) is 0 Å². The number of carbonyl (C=O) groups is 1. The number of hydrogen-bond acceptors (Lipinski definition) is 2. The highest BCUT2D eigenvalue weighted by atomic mass is 16.2. The Hall–Kier alpha value is -3.07. The van der Waals surface area contributed by atoms with E-state index in [1.807, 2.05) is 35.2 Å². The lowest BCUT2D eigenvalue weighted by molar-refractivity contribution is -0.115. The number of nitrogens with one attached hydrogen (secondary N) is 1. The molecule has 4 rings (SSSR count). The molecule has 0 spiro atoms. The van der Waals surface area contributed by atoms with Crippen LogP contribution >= 0.6 is 0 Å². The fraction of sp³-hybridized carbons (Fsp3) is 0.208. The average Bonchev–Trinajstić information content (AvgIpc) is 2.63. The first-order chi connectivity index (χ1) is 12.9. The van der Waals surface area contributed by atoms with Gasteiger partial charge in [0.25, 0.3) is 0 Å². The molecule has 3 nitrogen and oxygen atoms in total. The highest BCUT2D eigenvalue weighted by Crippen LogP contribution is 2.49. The minimum absolute atomic E-state index is 0.0206. The predicted octanol–water partition coefficient (Wildman–Crippen LogP) is 6.06. The summed E-state index contributed by atoms with van der Waals surface area (Å²) in [6.45, 7) is 8.15. The van der Waals surface area contributed by atoms with Gasteiger partial charge in [-0.15, -0.1) is 0 Å². The van der Waals surface area contributed by atoms with Crippen LogP contribution in [0.15, 0.2) is 66.7 Å². The Morgan fingerprint density at radius 2 is 1.56 bits per heavy atom. The minimum Gasteiger partial charge on any atom is -0.355 e. The smallest absolute Gasteiger partial charge is 0.228 e. The van der Waals surface area contributed by atoms with Crippen molar-refractivity contribution < 1.29 is 4.79 Å². The van der Waals surface area contributed by atoms with E-state index in [1.165, 1.54) is 11.1 Å². The van der Waals surface area contributed by atoms with Crippen LogP contribution in [0.4, 0.5) is 22.7 Å². The summed E-state index contributed by atoms with van der Waals surface area (Å²) in [5, 5.41) is 3.50. The van der Waals surface area contributed by atoms with Crippen molar-refractivity contribution in [3.63, 3.8) is 0 Å².